The summed E-state index contributed by atoms with van der Waals surface area (Å²) in [5.41, 5.74) is 10.6. The van der Waals surface area contributed by atoms with E-state index in [2.05, 4.69) is 51.9 Å². The number of nitrogens with one attached hydrogen (secondary N) is 2. The number of fused-ring (bicyclic) bond motifs is 5. The van der Waals surface area contributed by atoms with Crippen molar-refractivity contribution in [3.8, 4) is 22.8 Å². The maximum Gasteiger partial charge on any atom is 0.341 e. The van der Waals surface area contributed by atoms with Crippen LogP contribution in [0.1, 0.15) is 94.2 Å². The molecule has 14 heteroatoms. The Hall–Kier alpha value is -5.73. The van der Waals surface area contributed by atoms with Gasteiger partial charge in [0.05, 0.1) is 29.7 Å². The number of nitrogens with zero attached hydrogens (tertiary/aromatic N) is 4. The summed E-state index contributed by atoms with van der Waals surface area (Å²) in [5.74, 6) is 1.08. The van der Waals surface area contributed by atoms with Gasteiger partial charge in [-0.3, -0.25) is 9.79 Å². The maximum atomic E-state index is 14.5. The third-order valence-corrected chi connectivity index (χ3v) is 13.0. The highest BCUT2D eigenvalue weighted by Crippen LogP contribution is 2.54. The molecule has 5 atom stereocenters. The van der Waals surface area contributed by atoms with Crippen molar-refractivity contribution < 1.29 is 28.5 Å². The number of carbonyl (C=O) groups excluding carboxylic acids is 1. The lowest BCUT2D eigenvalue weighted by atomic mass is 9.75. The topological polar surface area (TPSA) is 190 Å². The summed E-state index contributed by atoms with van der Waals surface area (Å²) in [7, 11) is 1.91. The fourth-order valence-electron chi connectivity index (χ4n) is 9.97. The second kappa shape index (κ2) is 16.5. The number of carbonyl (C=O) groups is 1. The molecule has 8 heterocycles. The fourth-order valence-corrected chi connectivity index (χ4v) is 9.97. The van der Waals surface area contributed by atoms with Crippen LogP contribution >= 0.6 is 0 Å². The van der Waals surface area contributed by atoms with Gasteiger partial charge in [-0.05, 0) is 115 Å². The molecule has 5 aliphatic heterocycles. The van der Waals surface area contributed by atoms with Gasteiger partial charge in [-0.1, -0.05) is 19.8 Å². The number of hydrogen-bond acceptors (Lipinski definition) is 14. The van der Waals surface area contributed by atoms with E-state index in [1.807, 2.05) is 39.2 Å². The van der Waals surface area contributed by atoms with Crippen LogP contribution in [0.15, 0.2) is 74.1 Å². The molecule has 2 fully saturated rings. The minimum atomic E-state index is -1.12. The van der Waals surface area contributed by atoms with Crippen LogP contribution in [0.3, 0.4) is 0 Å². The standard InChI is InChI=1S/C48H57N7O7/c1-6-7-8-14-52-41-21-31(20-32(53-41)25-55-24-30-12-15-51-35(30)26-55)34-18-28(19-40(49)54-34)9-10-39-48(62-39)13-11-29(23-50-5)17-33-42-38(61-47(3,4)45(33)60-46(48)58)22-37-43(44(42)57)36(56)16-27(2)59-37/h12,15-16,18-22,26,29,33,39,45,50,57H,6-11,13-14,17,23-25H2,1-5H3,(H2,49,54)(H,52,53). The van der Waals surface area contributed by atoms with Crippen LogP contribution in [0.2, 0.25) is 0 Å². The zero-order valence-electron chi connectivity index (χ0n) is 36.3. The van der Waals surface area contributed by atoms with Crippen molar-refractivity contribution in [3.05, 3.63) is 92.7 Å². The van der Waals surface area contributed by atoms with Gasteiger partial charge in [0.25, 0.3) is 0 Å². The summed E-state index contributed by atoms with van der Waals surface area (Å²) in [4.78, 5) is 44.1. The molecule has 2 saturated heterocycles. The van der Waals surface area contributed by atoms with E-state index in [9.17, 15) is 14.7 Å². The Morgan fingerprint density at radius 3 is 2.74 bits per heavy atom. The highest BCUT2D eigenvalue weighted by Gasteiger charge is 2.65. The Kier molecular flexibility index (Phi) is 11.1. The molecule has 62 heavy (non-hydrogen) atoms. The minimum absolute atomic E-state index is 0.0918. The molecule has 0 bridgehead atoms. The number of hydrogen-bond donors (Lipinski definition) is 4. The summed E-state index contributed by atoms with van der Waals surface area (Å²) >= 11 is 0. The van der Waals surface area contributed by atoms with Crippen LogP contribution in [0, 0.1) is 12.8 Å². The number of anilines is 2. The molecule has 0 saturated carbocycles. The molecule has 1 aromatic carbocycles. The second-order valence-electron chi connectivity index (χ2n) is 18.1. The molecule has 326 valence electrons. The van der Waals surface area contributed by atoms with Crippen LogP contribution in [0.5, 0.6) is 11.5 Å². The normalized spacial score (nSPS) is 24.6. The first-order valence-corrected chi connectivity index (χ1v) is 22.1. The smallest absolute Gasteiger partial charge is 0.341 e. The summed E-state index contributed by atoms with van der Waals surface area (Å²) in [6.07, 6.45) is 11.1. The van der Waals surface area contributed by atoms with E-state index in [1.54, 1.807) is 13.0 Å². The molecule has 5 unspecified atom stereocenters. The third-order valence-electron chi connectivity index (χ3n) is 13.0. The molecule has 1 spiro atoms. The van der Waals surface area contributed by atoms with E-state index in [-0.39, 0.29) is 34.2 Å². The largest absolute Gasteiger partial charge is 0.507 e. The molecular formula is C48H57N7O7. The molecule has 0 aliphatic carbocycles. The van der Waals surface area contributed by atoms with Crippen LogP contribution in [-0.4, -0.2) is 82.3 Å². The van der Waals surface area contributed by atoms with Gasteiger partial charge < -0.3 is 45.0 Å². The molecule has 5 aliphatic rings. The number of unbranched alkanes of at least 4 members (excludes halogenated alkanes) is 2. The number of phenols is 1. The minimum Gasteiger partial charge on any atom is -0.507 e. The lowest BCUT2D eigenvalue weighted by Crippen LogP contribution is -2.52. The average Bonchev–Trinajstić information content (AvgIpc) is 3.52. The molecule has 0 amide bonds. The molecular weight excluding hydrogens is 787 g/mol. The number of phenolic OH excluding ortho intramolecular Hbond substituents is 1. The number of aliphatic imine (C=N–C) groups is 1. The van der Waals surface area contributed by atoms with Gasteiger partial charge in [-0.25, -0.2) is 14.8 Å². The van der Waals surface area contributed by atoms with Crippen molar-refractivity contribution in [1.29, 1.82) is 0 Å². The predicted molar refractivity (Wildman–Crippen MR) is 238 cm³/mol. The monoisotopic (exact) mass is 843 g/mol. The van der Waals surface area contributed by atoms with Crippen molar-refractivity contribution in [2.24, 2.45) is 10.9 Å². The lowest BCUT2D eigenvalue weighted by Gasteiger charge is -2.45. The first-order valence-electron chi connectivity index (χ1n) is 22.1. The number of aromatic nitrogens is 2. The zero-order chi connectivity index (χ0) is 43.3. The Morgan fingerprint density at radius 2 is 1.94 bits per heavy atom. The van der Waals surface area contributed by atoms with E-state index in [4.69, 9.17) is 34.3 Å². The average molecular weight is 844 g/mol. The van der Waals surface area contributed by atoms with Crippen LogP contribution in [-0.2, 0) is 27.2 Å². The van der Waals surface area contributed by atoms with Crippen LogP contribution in [0.25, 0.3) is 22.2 Å². The van der Waals surface area contributed by atoms with Crippen molar-refractivity contribution in [3.63, 3.8) is 0 Å². The number of aromatic hydroxyl groups is 1. The second-order valence-corrected chi connectivity index (χ2v) is 18.1. The van der Waals surface area contributed by atoms with Crippen molar-refractivity contribution >= 4 is 34.8 Å². The van der Waals surface area contributed by atoms with Gasteiger partial charge in [0, 0.05) is 60.3 Å². The van der Waals surface area contributed by atoms with Crippen molar-refractivity contribution in [2.75, 3.05) is 37.7 Å². The van der Waals surface area contributed by atoms with Gasteiger partial charge in [0.2, 0.25) is 0 Å². The Bertz CT molecular complexity index is 2560. The summed E-state index contributed by atoms with van der Waals surface area (Å²) in [6, 6.07) is 11.1. The number of pyridine rings is 2. The Morgan fingerprint density at radius 1 is 1.08 bits per heavy atom. The highest BCUT2D eigenvalue weighted by molar-refractivity contribution is 5.88. The van der Waals surface area contributed by atoms with E-state index in [0.717, 1.165) is 66.4 Å². The molecule has 0 radical (unpaired) electrons. The summed E-state index contributed by atoms with van der Waals surface area (Å²) in [6.45, 7) is 10.6. The number of rotatable bonds is 13. The van der Waals surface area contributed by atoms with Crippen LogP contribution < -0.4 is 26.5 Å². The number of benzene rings is 1. The maximum absolute atomic E-state index is 14.5. The first kappa shape index (κ1) is 41.6. The van der Waals surface area contributed by atoms with Crippen molar-refractivity contribution in [2.45, 2.75) is 115 Å². The van der Waals surface area contributed by atoms with E-state index in [0.29, 0.717) is 68.1 Å². The highest BCUT2D eigenvalue weighted by atomic mass is 16.7. The van der Waals surface area contributed by atoms with Gasteiger partial charge in [0.15, 0.2) is 11.0 Å². The SMILES string of the molecule is CCCCCNc1cc(-c2cc(CCC3OC34CCC(CNC)CC3c5c(cc6oc(C)cc(=O)c6c5O)OC(C)(C)C3OC4=O)cc(N)n2)cc(CN2C=C3N=CC=C3C2)n1. The Balaban J connectivity index is 0.954. The molecule has 9 rings (SSSR count). The van der Waals surface area contributed by atoms with Gasteiger partial charge >= 0.3 is 5.97 Å². The number of aryl methyl sites for hydroxylation is 2. The first-order chi connectivity index (χ1) is 29.8. The number of epoxide rings is 1. The lowest BCUT2D eigenvalue weighted by molar-refractivity contribution is -0.170. The summed E-state index contributed by atoms with van der Waals surface area (Å²) < 4.78 is 25.3. The quantitative estimate of drug-likeness (QED) is 0.0608. The number of esters is 1. The van der Waals surface area contributed by atoms with Gasteiger partial charge in [-0.15, -0.1) is 0 Å². The number of ether oxygens (including phenoxy) is 3. The third kappa shape index (κ3) is 8.06. The zero-order valence-corrected chi connectivity index (χ0v) is 36.3. The number of allylic oxidation sites excluding steroid dienone is 1. The van der Waals surface area contributed by atoms with E-state index < -0.39 is 29.2 Å². The van der Waals surface area contributed by atoms with E-state index >= 15 is 0 Å². The molecule has 3 aromatic heterocycles. The Labute approximate surface area is 361 Å². The van der Waals surface area contributed by atoms with Crippen LogP contribution in [0.4, 0.5) is 11.6 Å². The van der Waals surface area contributed by atoms with Gasteiger partial charge in [-0.2, -0.15) is 0 Å². The van der Waals surface area contributed by atoms with Gasteiger partial charge in [0.1, 0.15) is 51.6 Å². The molecule has 4 aromatic rings. The predicted octanol–water partition coefficient (Wildman–Crippen LogP) is 7.07. The van der Waals surface area contributed by atoms with Crippen molar-refractivity contribution in [1.82, 2.24) is 20.2 Å². The van der Waals surface area contributed by atoms with E-state index in [1.165, 1.54) is 11.6 Å². The number of nitrogens with two attached hydrogens (primary N) is 1. The summed E-state index contributed by atoms with van der Waals surface area (Å²) in [5, 5.41) is 18.7. The molecule has 5 N–H and O–H groups in total. The number of nitrogen functional groups attached to an aromatic ring is 1. The fraction of sp³-hybridized carbons (Fsp3) is 0.479. The molecule has 14 nitrogen and oxygen atoms in total.